The summed E-state index contributed by atoms with van der Waals surface area (Å²) in [6.07, 6.45) is 3.75. The SMILES string of the molecule is CCNC1CCOC2(CCc3c(F)cccc32)C1. The molecule has 18 heavy (non-hydrogen) atoms. The van der Waals surface area contributed by atoms with Crippen LogP contribution < -0.4 is 5.32 Å². The second kappa shape index (κ2) is 4.63. The van der Waals surface area contributed by atoms with E-state index in [-0.39, 0.29) is 11.4 Å². The van der Waals surface area contributed by atoms with Crippen molar-refractivity contribution >= 4 is 0 Å². The number of hydrogen-bond acceptors (Lipinski definition) is 2. The van der Waals surface area contributed by atoms with Gasteiger partial charge < -0.3 is 10.1 Å². The Morgan fingerprint density at radius 3 is 3.22 bits per heavy atom. The predicted octanol–water partition coefficient (Wildman–Crippen LogP) is 2.76. The minimum atomic E-state index is -0.234. The molecule has 1 aromatic rings. The van der Waals surface area contributed by atoms with Crippen molar-refractivity contribution in [3.05, 3.63) is 35.1 Å². The first-order chi connectivity index (χ1) is 8.75. The largest absolute Gasteiger partial charge is 0.370 e. The Hall–Kier alpha value is -0.930. The summed E-state index contributed by atoms with van der Waals surface area (Å²) >= 11 is 0. The topological polar surface area (TPSA) is 21.3 Å². The molecule has 1 aromatic carbocycles. The molecule has 1 spiro atoms. The van der Waals surface area contributed by atoms with E-state index in [0.717, 1.165) is 50.0 Å². The third-order valence-electron chi connectivity index (χ3n) is 4.30. The van der Waals surface area contributed by atoms with Gasteiger partial charge in [-0.15, -0.1) is 0 Å². The number of hydrogen-bond donors (Lipinski definition) is 1. The lowest BCUT2D eigenvalue weighted by atomic mass is 9.85. The fraction of sp³-hybridized carbons (Fsp3) is 0.600. The van der Waals surface area contributed by atoms with Crippen LogP contribution in [-0.4, -0.2) is 19.2 Å². The van der Waals surface area contributed by atoms with Gasteiger partial charge in [0.15, 0.2) is 0 Å². The first-order valence-corrected chi connectivity index (χ1v) is 6.90. The number of rotatable bonds is 2. The average Bonchev–Trinajstić information content (AvgIpc) is 2.71. The van der Waals surface area contributed by atoms with Crippen LogP contribution in [0.4, 0.5) is 4.39 Å². The smallest absolute Gasteiger partial charge is 0.126 e. The fourth-order valence-corrected chi connectivity index (χ4v) is 3.48. The highest BCUT2D eigenvalue weighted by Crippen LogP contribution is 2.46. The molecule has 2 unspecified atom stereocenters. The van der Waals surface area contributed by atoms with Gasteiger partial charge in [0.25, 0.3) is 0 Å². The van der Waals surface area contributed by atoms with E-state index in [4.69, 9.17) is 4.74 Å². The van der Waals surface area contributed by atoms with Gasteiger partial charge >= 0.3 is 0 Å². The summed E-state index contributed by atoms with van der Waals surface area (Å²) < 4.78 is 19.9. The first kappa shape index (κ1) is 12.1. The fourth-order valence-electron chi connectivity index (χ4n) is 3.48. The summed E-state index contributed by atoms with van der Waals surface area (Å²) in [5, 5.41) is 3.51. The Labute approximate surface area is 108 Å². The van der Waals surface area contributed by atoms with Crippen molar-refractivity contribution in [2.24, 2.45) is 0 Å². The van der Waals surface area contributed by atoms with E-state index in [1.807, 2.05) is 12.1 Å². The van der Waals surface area contributed by atoms with Crippen LogP contribution in [0.25, 0.3) is 0 Å². The second-order valence-electron chi connectivity index (χ2n) is 5.36. The molecule has 1 N–H and O–H groups in total. The lowest BCUT2D eigenvalue weighted by Gasteiger charge is -2.39. The summed E-state index contributed by atoms with van der Waals surface area (Å²) in [5.41, 5.74) is 1.72. The quantitative estimate of drug-likeness (QED) is 0.870. The van der Waals surface area contributed by atoms with Gasteiger partial charge in [-0.05, 0) is 49.4 Å². The molecule has 0 aromatic heterocycles. The molecule has 0 radical (unpaired) electrons. The summed E-state index contributed by atoms with van der Waals surface area (Å²) in [6, 6.07) is 5.90. The van der Waals surface area contributed by atoms with Gasteiger partial charge in [-0.25, -0.2) is 4.39 Å². The highest BCUT2D eigenvalue weighted by Gasteiger charge is 2.44. The zero-order chi connectivity index (χ0) is 12.6. The molecule has 98 valence electrons. The van der Waals surface area contributed by atoms with E-state index < -0.39 is 0 Å². The molecule has 1 fully saturated rings. The molecule has 1 heterocycles. The van der Waals surface area contributed by atoms with E-state index in [2.05, 4.69) is 12.2 Å². The van der Waals surface area contributed by atoms with Crippen LogP contribution in [0, 0.1) is 5.82 Å². The van der Waals surface area contributed by atoms with Gasteiger partial charge in [-0.1, -0.05) is 19.1 Å². The Morgan fingerprint density at radius 1 is 1.50 bits per heavy atom. The zero-order valence-electron chi connectivity index (χ0n) is 10.8. The van der Waals surface area contributed by atoms with Gasteiger partial charge in [0, 0.05) is 12.6 Å². The predicted molar refractivity (Wildman–Crippen MR) is 69.0 cm³/mol. The van der Waals surface area contributed by atoms with Crippen LogP contribution in [0.3, 0.4) is 0 Å². The monoisotopic (exact) mass is 249 g/mol. The van der Waals surface area contributed by atoms with Gasteiger partial charge in [0.05, 0.1) is 5.60 Å². The number of ether oxygens (including phenoxy) is 1. The van der Waals surface area contributed by atoms with Crippen molar-refractivity contribution in [1.29, 1.82) is 0 Å². The normalized spacial score (nSPS) is 30.7. The van der Waals surface area contributed by atoms with Gasteiger partial charge in [0.2, 0.25) is 0 Å². The van der Waals surface area contributed by atoms with E-state index in [0.29, 0.717) is 6.04 Å². The Morgan fingerprint density at radius 2 is 2.39 bits per heavy atom. The van der Waals surface area contributed by atoms with Crippen LogP contribution in [0.5, 0.6) is 0 Å². The number of nitrogens with one attached hydrogen (secondary N) is 1. The van der Waals surface area contributed by atoms with Gasteiger partial charge in [-0.2, -0.15) is 0 Å². The van der Waals surface area contributed by atoms with E-state index in [9.17, 15) is 4.39 Å². The third-order valence-corrected chi connectivity index (χ3v) is 4.30. The van der Waals surface area contributed by atoms with Crippen molar-refractivity contribution in [3.8, 4) is 0 Å². The maximum absolute atomic E-state index is 13.8. The maximum atomic E-state index is 13.8. The van der Waals surface area contributed by atoms with Crippen molar-refractivity contribution in [2.45, 2.75) is 44.2 Å². The number of fused-ring (bicyclic) bond motifs is 2. The van der Waals surface area contributed by atoms with Gasteiger partial charge in [0.1, 0.15) is 5.82 Å². The van der Waals surface area contributed by atoms with E-state index in [1.165, 1.54) is 0 Å². The molecule has 3 rings (SSSR count). The highest BCUT2D eigenvalue weighted by atomic mass is 19.1. The summed E-state index contributed by atoms with van der Waals surface area (Å²) in [6.45, 7) is 3.88. The Bertz CT molecular complexity index is 446. The molecule has 2 nitrogen and oxygen atoms in total. The molecule has 0 amide bonds. The van der Waals surface area contributed by atoms with E-state index in [1.54, 1.807) is 6.07 Å². The molecule has 1 saturated heterocycles. The zero-order valence-corrected chi connectivity index (χ0v) is 10.8. The molecule has 0 saturated carbocycles. The maximum Gasteiger partial charge on any atom is 0.126 e. The van der Waals surface area contributed by atoms with Crippen LogP contribution in [0.2, 0.25) is 0 Å². The lowest BCUT2D eigenvalue weighted by molar-refractivity contribution is -0.0927. The number of halogens is 1. The van der Waals surface area contributed by atoms with Crippen molar-refractivity contribution in [2.75, 3.05) is 13.2 Å². The van der Waals surface area contributed by atoms with Crippen molar-refractivity contribution < 1.29 is 9.13 Å². The van der Waals surface area contributed by atoms with Crippen molar-refractivity contribution in [1.82, 2.24) is 5.32 Å². The molecular weight excluding hydrogens is 229 g/mol. The average molecular weight is 249 g/mol. The molecule has 1 aliphatic heterocycles. The number of benzene rings is 1. The molecule has 2 aliphatic rings. The summed E-state index contributed by atoms with van der Waals surface area (Å²) in [5.74, 6) is -0.0708. The molecule has 0 bridgehead atoms. The molecule has 2 atom stereocenters. The third kappa shape index (κ3) is 1.86. The Kier molecular flexibility index (Phi) is 3.12. The highest BCUT2D eigenvalue weighted by molar-refractivity contribution is 5.39. The van der Waals surface area contributed by atoms with Crippen molar-refractivity contribution in [3.63, 3.8) is 0 Å². The van der Waals surface area contributed by atoms with Gasteiger partial charge in [-0.3, -0.25) is 0 Å². The van der Waals surface area contributed by atoms with Crippen LogP contribution in [0.1, 0.15) is 37.3 Å². The summed E-state index contributed by atoms with van der Waals surface area (Å²) in [4.78, 5) is 0. The second-order valence-corrected chi connectivity index (χ2v) is 5.36. The molecule has 3 heteroatoms. The summed E-state index contributed by atoms with van der Waals surface area (Å²) in [7, 11) is 0. The van der Waals surface area contributed by atoms with Crippen LogP contribution in [-0.2, 0) is 16.8 Å². The van der Waals surface area contributed by atoms with E-state index >= 15 is 0 Å². The van der Waals surface area contributed by atoms with Crippen LogP contribution in [0.15, 0.2) is 18.2 Å². The van der Waals surface area contributed by atoms with Crippen LogP contribution >= 0.6 is 0 Å². The first-order valence-electron chi connectivity index (χ1n) is 6.90. The minimum Gasteiger partial charge on any atom is -0.370 e. The standard InChI is InChI=1S/C15H20FNO/c1-2-17-11-7-9-18-15(10-11)8-6-12-13(15)4-3-5-14(12)16/h3-5,11,17H,2,6-10H2,1H3. The minimum absolute atomic E-state index is 0.0708. The lowest BCUT2D eigenvalue weighted by Crippen LogP contribution is -2.44. The molecule has 1 aliphatic carbocycles. The Balaban J connectivity index is 1.91. The molecular formula is C15H20FNO.